The fraction of sp³-hybridized carbons (Fsp3) is 0.561. The van der Waals surface area contributed by atoms with Crippen LogP contribution in [0, 0.1) is 18.3 Å². The summed E-state index contributed by atoms with van der Waals surface area (Å²) in [5.41, 5.74) is 5.23. The molecule has 6 rings (SSSR count). The topological polar surface area (TPSA) is 32.3 Å². The van der Waals surface area contributed by atoms with Crippen molar-refractivity contribution in [3.8, 4) is 0 Å². The zero-order valence-electron chi connectivity index (χ0n) is 30.3. The van der Waals surface area contributed by atoms with E-state index in [1.165, 1.54) is 59.8 Å². The molecule has 47 heavy (non-hydrogen) atoms. The lowest BCUT2D eigenvalue weighted by atomic mass is 9.85. The molecular weight excluding hydrogens is 586 g/mol. The molecule has 2 saturated heterocycles. The number of nitrogens with zero attached hydrogens (tertiary/aromatic N) is 4. The van der Waals surface area contributed by atoms with Crippen LogP contribution in [0.25, 0.3) is 21.5 Å². The Balaban J connectivity index is 0.000000202. The van der Waals surface area contributed by atoms with Crippen LogP contribution in [0.15, 0.2) is 60.9 Å². The Morgan fingerprint density at radius 3 is 1.91 bits per heavy atom. The molecule has 2 aromatic heterocycles. The van der Waals surface area contributed by atoms with Gasteiger partial charge in [0, 0.05) is 60.8 Å². The first-order valence-corrected chi connectivity index (χ1v) is 18.0. The van der Waals surface area contributed by atoms with E-state index >= 15 is 0 Å². The van der Waals surface area contributed by atoms with Crippen molar-refractivity contribution in [2.24, 2.45) is 11.3 Å². The highest BCUT2D eigenvalue weighted by Gasteiger charge is 2.38. The minimum absolute atomic E-state index is 0.0502. The zero-order chi connectivity index (χ0) is 34.2. The second kappa shape index (κ2) is 16.4. The number of pyridine rings is 2. The molecule has 0 saturated carbocycles. The van der Waals surface area contributed by atoms with E-state index in [1.54, 1.807) is 6.92 Å². The van der Waals surface area contributed by atoms with Crippen molar-refractivity contribution in [2.75, 3.05) is 26.2 Å². The smallest absolute Gasteiger partial charge is 0.251 e. The van der Waals surface area contributed by atoms with E-state index in [0.29, 0.717) is 30.8 Å². The molecule has 0 radical (unpaired) electrons. The van der Waals surface area contributed by atoms with Crippen LogP contribution in [0.4, 0.5) is 8.78 Å². The Morgan fingerprint density at radius 2 is 1.28 bits per heavy atom. The highest BCUT2D eigenvalue weighted by molar-refractivity contribution is 5.88. The summed E-state index contributed by atoms with van der Waals surface area (Å²) in [4.78, 5) is 14.0. The first-order valence-electron chi connectivity index (χ1n) is 18.0. The normalized spacial score (nSPS) is 20.1. The number of benzene rings is 2. The highest BCUT2D eigenvalue weighted by Crippen LogP contribution is 2.34. The Bertz CT molecular complexity index is 1580. The third-order valence-corrected chi connectivity index (χ3v) is 10.1. The van der Waals surface area contributed by atoms with E-state index in [2.05, 4.69) is 85.1 Å². The van der Waals surface area contributed by atoms with Crippen LogP contribution in [0.2, 0.25) is 0 Å². The van der Waals surface area contributed by atoms with Gasteiger partial charge >= 0.3 is 0 Å². The third kappa shape index (κ3) is 9.57. The summed E-state index contributed by atoms with van der Waals surface area (Å²) >= 11 is 0. The van der Waals surface area contributed by atoms with Gasteiger partial charge in [-0.15, -0.1) is 0 Å². The van der Waals surface area contributed by atoms with Gasteiger partial charge < -0.3 is 0 Å². The summed E-state index contributed by atoms with van der Waals surface area (Å²) in [5, 5.41) is 5.04. The second-order valence-electron chi connectivity index (χ2n) is 14.6. The molecule has 4 nitrogen and oxygen atoms in total. The predicted molar refractivity (Wildman–Crippen MR) is 195 cm³/mol. The van der Waals surface area contributed by atoms with Crippen molar-refractivity contribution in [1.29, 1.82) is 0 Å². The van der Waals surface area contributed by atoms with Crippen molar-refractivity contribution in [2.45, 2.75) is 112 Å². The van der Waals surface area contributed by atoms with Crippen molar-refractivity contribution in [1.82, 2.24) is 19.8 Å². The van der Waals surface area contributed by atoms with Crippen LogP contribution in [0.3, 0.4) is 0 Å². The fourth-order valence-electron chi connectivity index (χ4n) is 6.91. The van der Waals surface area contributed by atoms with Crippen molar-refractivity contribution in [3.05, 3.63) is 83.4 Å². The molecule has 0 spiro atoms. The average molecular weight is 645 g/mol. The minimum atomic E-state index is -2.54. The van der Waals surface area contributed by atoms with Gasteiger partial charge in [0.05, 0.1) is 5.69 Å². The van der Waals surface area contributed by atoms with E-state index < -0.39 is 11.8 Å². The first-order chi connectivity index (χ1) is 22.4. The third-order valence-electron chi connectivity index (χ3n) is 10.1. The van der Waals surface area contributed by atoms with Crippen LogP contribution in [0.1, 0.15) is 109 Å². The minimum Gasteiger partial charge on any atom is -0.299 e. The molecule has 4 heterocycles. The number of fused-ring (bicyclic) bond motifs is 2. The van der Waals surface area contributed by atoms with E-state index in [9.17, 15) is 8.78 Å². The quantitative estimate of drug-likeness (QED) is 0.216. The number of likely N-dealkylation sites (tertiary alicyclic amines) is 2. The number of hydrogen-bond acceptors (Lipinski definition) is 4. The van der Waals surface area contributed by atoms with Gasteiger partial charge in [0.2, 0.25) is 0 Å². The Kier molecular flexibility index (Phi) is 12.9. The van der Waals surface area contributed by atoms with Gasteiger partial charge in [-0.3, -0.25) is 19.8 Å². The lowest BCUT2D eigenvalue weighted by Crippen LogP contribution is -2.27. The largest absolute Gasteiger partial charge is 0.299 e. The van der Waals surface area contributed by atoms with Crippen molar-refractivity contribution in [3.63, 3.8) is 0 Å². The van der Waals surface area contributed by atoms with E-state index in [4.69, 9.17) is 4.98 Å². The van der Waals surface area contributed by atoms with Gasteiger partial charge in [0.15, 0.2) is 0 Å². The van der Waals surface area contributed by atoms with Gasteiger partial charge in [-0.2, -0.15) is 0 Å². The average Bonchev–Trinajstić information content (AvgIpc) is 3.31. The van der Waals surface area contributed by atoms with E-state index in [-0.39, 0.29) is 6.42 Å². The Labute approximate surface area is 283 Å². The SMILES string of the molecule is CC.CC(C)c1ncc(CN2CCCC(C)(C)CC2)c2ccccc12.Cc1ncc(CN2CCC(C)C(F)(F)CC2)c2ccccc12. The number of alkyl halides is 2. The van der Waals surface area contributed by atoms with Crippen LogP contribution in [-0.4, -0.2) is 51.9 Å². The van der Waals surface area contributed by atoms with Crippen LogP contribution < -0.4 is 0 Å². The molecule has 1 unspecified atom stereocenters. The molecule has 0 N–H and O–H groups in total. The molecule has 6 heteroatoms. The van der Waals surface area contributed by atoms with Crippen LogP contribution >= 0.6 is 0 Å². The molecule has 0 aliphatic carbocycles. The summed E-state index contributed by atoms with van der Waals surface area (Å²) in [7, 11) is 0. The van der Waals surface area contributed by atoms with Crippen LogP contribution in [0.5, 0.6) is 0 Å². The summed E-state index contributed by atoms with van der Waals surface area (Å²) in [6.07, 6.45) is 8.45. The van der Waals surface area contributed by atoms with Gasteiger partial charge in [0.25, 0.3) is 5.92 Å². The molecule has 2 aliphatic rings. The maximum Gasteiger partial charge on any atom is 0.251 e. The van der Waals surface area contributed by atoms with Gasteiger partial charge in [-0.25, -0.2) is 8.78 Å². The molecule has 4 aromatic rings. The van der Waals surface area contributed by atoms with Gasteiger partial charge in [-0.05, 0) is 85.5 Å². The lowest BCUT2D eigenvalue weighted by molar-refractivity contribution is -0.0545. The van der Waals surface area contributed by atoms with E-state index in [1.807, 2.05) is 39.1 Å². The van der Waals surface area contributed by atoms with Crippen molar-refractivity contribution < 1.29 is 8.78 Å². The van der Waals surface area contributed by atoms with E-state index in [0.717, 1.165) is 29.7 Å². The zero-order valence-corrected chi connectivity index (χ0v) is 30.3. The summed E-state index contributed by atoms with van der Waals surface area (Å²) in [6, 6.07) is 17.0. The summed E-state index contributed by atoms with van der Waals surface area (Å²) in [5.74, 6) is -2.61. The number of halogens is 2. The van der Waals surface area contributed by atoms with Crippen molar-refractivity contribution >= 4 is 21.5 Å². The second-order valence-corrected chi connectivity index (χ2v) is 14.6. The lowest BCUT2D eigenvalue weighted by Gasteiger charge is -2.24. The highest BCUT2D eigenvalue weighted by atomic mass is 19.3. The Hall–Kier alpha value is -2.96. The maximum atomic E-state index is 13.8. The fourth-order valence-corrected chi connectivity index (χ4v) is 6.91. The molecule has 0 bridgehead atoms. The molecule has 2 aliphatic heterocycles. The van der Waals surface area contributed by atoms with Crippen LogP contribution in [-0.2, 0) is 13.1 Å². The molecule has 0 amide bonds. The number of aryl methyl sites for hydroxylation is 1. The summed E-state index contributed by atoms with van der Waals surface area (Å²) in [6.45, 7) is 22.2. The maximum absolute atomic E-state index is 13.8. The first kappa shape index (κ1) is 36.9. The number of rotatable bonds is 5. The molecular formula is C41H58F2N4. The predicted octanol–water partition coefficient (Wildman–Crippen LogP) is 10.8. The standard InChI is InChI=1S/C21H30N2.C18H22F2N2.C2H6/c1-16(2)20-19-9-6-5-8-18(19)17(14-22-20)15-23-12-7-10-21(3,4)11-13-23;1-13-7-9-22(10-8-18(13,19)20)12-15-11-21-14(2)16-5-3-4-6-17(15)16;1-2/h5-6,8-9,14,16H,7,10-13,15H2,1-4H3;3-6,11,13H,7-10,12H2,1-2H3;1-2H3. The Morgan fingerprint density at radius 1 is 0.745 bits per heavy atom. The number of hydrogen-bond donors (Lipinski definition) is 0. The van der Waals surface area contributed by atoms with Gasteiger partial charge in [0.1, 0.15) is 0 Å². The molecule has 1 atom stereocenters. The number of aromatic nitrogens is 2. The molecule has 256 valence electrons. The molecule has 2 fully saturated rings. The molecule has 2 aromatic carbocycles. The monoisotopic (exact) mass is 644 g/mol. The van der Waals surface area contributed by atoms with Gasteiger partial charge in [-0.1, -0.05) is 97.0 Å². The summed E-state index contributed by atoms with van der Waals surface area (Å²) < 4.78 is 27.7.